The summed E-state index contributed by atoms with van der Waals surface area (Å²) in [5, 5.41) is 6.07. The van der Waals surface area contributed by atoms with Gasteiger partial charge in [-0.25, -0.2) is 4.79 Å². The fourth-order valence-corrected chi connectivity index (χ4v) is 4.42. The highest BCUT2D eigenvalue weighted by atomic mass is 16.5. The summed E-state index contributed by atoms with van der Waals surface area (Å²) < 4.78 is 5.81. The maximum absolute atomic E-state index is 12.3. The number of urea groups is 1. The van der Waals surface area contributed by atoms with Gasteiger partial charge in [0.2, 0.25) is 0 Å². The van der Waals surface area contributed by atoms with E-state index < -0.39 is 0 Å². The number of rotatable bonds is 7. The highest BCUT2D eigenvalue weighted by Gasteiger charge is 2.33. The average molecular weight is 383 g/mol. The molecule has 0 aliphatic carbocycles. The van der Waals surface area contributed by atoms with Crippen molar-refractivity contribution in [2.75, 3.05) is 52.4 Å². The summed E-state index contributed by atoms with van der Waals surface area (Å²) in [5.74, 6) is 2.10. The van der Waals surface area contributed by atoms with Gasteiger partial charge in [-0.2, -0.15) is 0 Å². The van der Waals surface area contributed by atoms with Crippen molar-refractivity contribution in [3.63, 3.8) is 0 Å². The van der Waals surface area contributed by atoms with Crippen molar-refractivity contribution in [2.24, 2.45) is 17.8 Å². The quantitative estimate of drug-likeness (QED) is 0.710. The van der Waals surface area contributed by atoms with E-state index in [0.717, 1.165) is 51.2 Å². The number of carbonyl (C=O) groups excluding carboxylic acids is 1. The Labute approximate surface area is 166 Å². The topological polar surface area (TPSA) is 56.8 Å². The van der Waals surface area contributed by atoms with Crippen LogP contribution in [0.25, 0.3) is 0 Å². The predicted molar refractivity (Wildman–Crippen MR) is 111 cm³/mol. The Hall–Kier alpha value is -0.850. The Bertz CT molecular complexity index is 459. The fourth-order valence-electron chi connectivity index (χ4n) is 4.42. The first kappa shape index (κ1) is 22.4. The van der Waals surface area contributed by atoms with Crippen LogP contribution < -0.4 is 10.6 Å². The van der Waals surface area contributed by atoms with Gasteiger partial charge < -0.3 is 15.4 Å². The number of nitrogens with zero attached hydrogens (tertiary/aromatic N) is 2. The van der Waals surface area contributed by atoms with Crippen LogP contribution in [0, 0.1) is 17.8 Å². The molecule has 2 heterocycles. The molecule has 0 radical (unpaired) electrons. The van der Waals surface area contributed by atoms with Crippen molar-refractivity contribution in [1.29, 1.82) is 0 Å². The number of hydrogen-bond donors (Lipinski definition) is 2. The SMILES string of the molecule is CC(C)CN1CCOC(CNC(=O)NCC(C)(C)N2CC(C)CC(C)C2)C1. The molecule has 0 bridgehead atoms. The van der Waals surface area contributed by atoms with Gasteiger partial charge in [-0.1, -0.05) is 27.7 Å². The summed E-state index contributed by atoms with van der Waals surface area (Å²) in [6.07, 6.45) is 1.38. The van der Waals surface area contributed by atoms with Crippen LogP contribution in [-0.4, -0.2) is 79.9 Å². The molecule has 0 aromatic heterocycles. The van der Waals surface area contributed by atoms with Crippen LogP contribution in [0.1, 0.15) is 48.0 Å². The predicted octanol–water partition coefficient (Wildman–Crippen LogP) is 2.40. The third kappa shape index (κ3) is 7.59. The Morgan fingerprint density at radius 2 is 1.81 bits per heavy atom. The van der Waals surface area contributed by atoms with Gasteiger partial charge in [-0.3, -0.25) is 9.80 Å². The standard InChI is InChI=1S/C21H42N4O2/c1-16(2)11-24-7-8-27-19(14-24)10-22-20(26)23-15-21(5,6)25-12-17(3)9-18(4)13-25/h16-19H,7-15H2,1-6H3,(H2,22,23,26). The summed E-state index contributed by atoms with van der Waals surface area (Å²) in [6, 6.07) is -0.0919. The molecule has 2 rings (SSSR count). The van der Waals surface area contributed by atoms with Crippen molar-refractivity contribution in [2.45, 2.75) is 59.6 Å². The molecule has 2 aliphatic rings. The molecule has 158 valence electrons. The Kier molecular flexibility index (Phi) is 8.38. The van der Waals surface area contributed by atoms with Crippen LogP contribution in [0.5, 0.6) is 0 Å². The lowest BCUT2D eigenvalue weighted by Gasteiger charge is -2.45. The van der Waals surface area contributed by atoms with Gasteiger partial charge in [0.15, 0.2) is 0 Å². The lowest BCUT2D eigenvalue weighted by molar-refractivity contribution is -0.0290. The molecule has 27 heavy (non-hydrogen) atoms. The zero-order chi connectivity index (χ0) is 20.0. The van der Waals surface area contributed by atoms with E-state index >= 15 is 0 Å². The minimum Gasteiger partial charge on any atom is -0.374 e. The second-order valence-corrected chi connectivity index (χ2v) is 9.87. The Balaban J connectivity index is 1.70. The third-order valence-electron chi connectivity index (χ3n) is 5.74. The van der Waals surface area contributed by atoms with Crippen LogP contribution in [0.15, 0.2) is 0 Å². The van der Waals surface area contributed by atoms with Gasteiger partial charge in [0.25, 0.3) is 0 Å². The lowest BCUT2D eigenvalue weighted by atomic mass is 9.88. The van der Waals surface area contributed by atoms with E-state index in [2.05, 4.69) is 62.0 Å². The van der Waals surface area contributed by atoms with E-state index in [1.807, 2.05) is 0 Å². The summed E-state index contributed by atoms with van der Waals surface area (Å²) in [4.78, 5) is 17.3. The summed E-state index contributed by atoms with van der Waals surface area (Å²) in [7, 11) is 0. The number of hydrogen-bond acceptors (Lipinski definition) is 4. The first-order valence-electron chi connectivity index (χ1n) is 10.8. The smallest absolute Gasteiger partial charge is 0.314 e. The molecule has 2 N–H and O–H groups in total. The normalized spacial score (nSPS) is 28.3. The van der Waals surface area contributed by atoms with E-state index in [1.165, 1.54) is 6.42 Å². The number of nitrogens with one attached hydrogen (secondary N) is 2. The highest BCUT2D eigenvalue weighted by Crippen LogP contribution is 2.26. The van der Waals surface area contributed by atoms with Crippen LogP contribution in [0.3, 0.4) is 0 Å². The molecule has 0 aromatic carbocycles. The van der Waals surface area contributed by atoms with Gasteiger partial charge in [-0.15, -0.1) is 0 Å². The number of piperidine rings is 1. The molecule has 2 aliphatic heterocycles. The van der Waals surface area contributed by atoms with Crippen LogP contribution in [0.4, 0.5) is 4.79 Å². The molecule has 3 atom stereocenters. The minimum absolute atomic E-state index is 0.0321. The second kappa shape index (κ2) is 10.1. The molecular formula is C21H42N4O2. The molecule has 2 fully saturated rings. The largest absolute Gasteiger partial charge is 0.374 e. The number of carbonyl (C=O) groups is 1. The first-order valence-corrected chi connectivity index (χ1v) is 10.8. The van der Waals surface area contributed by atoms with Gasteiger partial charge in [0.05, 0.1) is 12.7 Å². The molecular weight excluding hydrogens is 340 g/mol. The number of ether oxygens (including phenoxy) is 1. The van der Waals surface area contributed by atoms with Gasteiger partial charge >= 0.3 is 6.03 Å². The first-order chi connectivity index (χ1) is 12.7. The van der Waals surface area contributed by atoms with E-state index in [9.17, 15) is 4.79 Å². The number of amides is 2. The summed E-state index contributed by atoms with van der Waals surface area (Å²) in [6.45, 7) is 20.8. The molecule has 0 aromatic rings. The van der Waals surface area contributed by atoms with Crippen LogP contribution in [-0.2, 0) is 4.74 Å². The van der Waals surface area contributed by atoms with E-state index in [-0.39, 0.29) is 17.7 Å². The molecule has 2 amide bonds. The van der Waals surface area contributed by atoms with Crippen LogP contribution >= 0.6 is 0 Å². The van der Waals surface area contributed by atoms with Crippen LogP contribution in [0.2, 0.25) is 0 Å². The summed E-state index contributed by atoms with van der Waals surface area (Å²) in [5.41, 5.74) is -0.0321. The molecule has 6 heteroatoms. The van der Waals surface area contributed by atoms with Crippen molar-refractivity contribution in [3.8, 4) is 0 Å². The highest BCUT2D eigenvalue weighted by molar-refractivity contribution is 5.73. The van der Waals surface area contributed by atoms with Crippen molar-refractivity contribution in [3.05, 3.63) is 0 Å². The van der Waals surface area contributed by atoms with Crippen molar-refractivity contribution in [1.82, 2.24) is 20.4 Å². The third-order valence-corrected chi connectivity index (χ3v) is 5.74. The van der Waals surface area contributed by atoms with E-state index in [4.69, 9.17) is 4.74 Å². The molecule has 3 unspecified atom stereocenters. The minimum atomic E-state index is -0.0919. The lowest BCUT2D eigenvalue weighted by Crippen LogP contribution is -2.57. The van der Waals surface area contributed by atoms with Gasteiger partial charge in [0, 0.05) is 51.4 Å². The van der Waals surface area contributed by atoms with E-state index in [0.29, 0.717) is 19.0 Å². The number of likely N-dealkylation sites (tertiary alicyclic amines) is 1. The average Bonchev–Trinajstić information content (AvgIpc) is 2.57. The molecule has 0 spiro atoms. The Morgan fingerprint density at radius 3 is 2.44 bits per heavy atom. The maximum atomic E-state index is 12.3. The van der Waals surface area contributed by atoms with Gasteiger partial charge in [0.1, 0.15) is 0 Å². The zero-order valence-electron chi connectivity index (χ0n) is 18.4. The molecule has 2 saturated heterocycles. The zero-order valence-corrected chi connectivity index (χ0v) is 18.4. The second-order valence-electron chi connectivity index (χ2n) is 9.87. The maximum Gasteiger partial charge on any atom is 0.314 e. The van der Waals surface area contributed by atoms with E-state index in [1.54, 1.807) is 0 Å². The van der Waals surface area contributed by atoms with Crippen molar-refractivity contribution < 1.29 is 9.53 Å². The van der Waals surface area contributed by atoms with Crippen molar-refractivity contribution >= 4 is 6.03 Å². The fraction of sp³-hybridized carbons (Fsp3) is 0.952. The molecule has 0 saturated carbocycles. The summed E-state index contributed by atoms with van der Waals surface area (Å²) >= 11 is 0. The molecule has 6 nitrogen and oxygen atoms in total. The monoisotopic (exact) mass is 382 g/mol. The number of morpholine rings is 1. The Morgan fingerprint density at radius 1 is 1.15 bits per heavy atom. The van der Waals surface area contributed by atoms with Gasteiger partial charge in [-0.05, 0) is 38.0 Å².